The van der Waals surface area contributed by atoms with Crippen LogP contribution in [0.15, 0.2) is 18.2 Å². The highest BCUT2D eigenvalue weighted by atomic mass is 16.5. The summed E-state index contributed by atoms with van der Waals surface area (Å²) in [5, 5.41) is 0. The Balaban J connectivity index is 2.16. The van der Waals surface area contributed by atoms with Gasteiger partial charge in [-0.1, -0.05) is 0 Å². The highest BCUT2D eigenvalue weighted by Gasteiger charge is 2.21. The summed E-state index contributed by atoms with van der Waals surface area (Å²) in [6.07, 6.45) is 0. The minimum atomic E-state index is 0.136. The molecule has 0 N–H and O–H groups in total. The predicted octanol–water partition coefficient (Wildman–Crippen LogP) is 1.37. The van der Waals surface area contributed by atoms with E-state index in [9.17, 15) is 4.79 Å². The maximum absolute atomic E-state index is 11.3. The Hall–Kier alpha value is -1.91. The molecule has 0 radical (unpaired) electrons. The summed E-state index contributed by atoms with van der Waals surface area (Å²) in [6.45, 7) is 4.72. The molecule has 1 aromatic carbocycles. The number of ether oxygens (including phenoxy) is 2. The lowest BCUT2D eigenvalue weighted by Crippen LogP contribution is -2.48. The summed E-state index contributed by atoms with van der Waals surface area (Å²) in [7, 11) is 3.32. The van der Waals surface area contributed by atoms with Crippen LogP contribution in [0.4, 0.5) is 5.69 Å². The van der Waals surface area contributed by atoms with E-state index >= 15 is 0 Å². The number of benzene rings is 1. The Labute approximate surface area is 113 Å². The van der Waals surface area contributed by atoms with E-state index in [4.69, 9.17) is 9.47 Å². The van der Waals surface area contributed by atoms with Gasteiger partial charge in [-0.3, -0.25) is 4.79 Å². The van der Waals surface area contributed by atoms with Gasteiger partial charge in [-0.25, -0.2) is 0 Å². The number of hydrogen-bond donors (Lipinski definition) is 0. The molecular formula is C14H20N2O3. The summed E-state index contributed by atoms with van der Waals surface area (Å²) >= 11 is 0. The fourth-order valence-electron chi connectivity index (χ4n) is 2.31. The van der Waals surface area contributed by atoms with Crippen molar-refractivity contribution in [1.82, 2.24) is 4.90 Å². The number of piperazine rings is 1. The van der Waals surface area contributed by atoms with Crippen LogP contribution in [0.5, 0.6) is 11.5 Å². The van der Waals surface area contributed by atoms with Gasteiger partial charge in [0.15, 0.2) is 0 Å². The van der Waals surface area contributed by atoms with Crippen LogP contribution in [0, 0.1) is 0 Å². The molecule has 1 aromatic rings. The van der Waals surface area contributed by atoms with E-state index < -0.39 is 0 Å². The fraction of sp³-hybridized carbons (Fsp3) is 0.500. The molecule has 0 atom stereocenters. The Morgan fingerprint density at radius 2 is 1.79 bits per heavy atom. The Morgan fingerprint density at radius 1 is 1.11 bits per heavy atom. The molecule has 0 aliphatic carbocycles. The third-order valence-corrected chi connectivity index (χ3v) is 3.45. The normalized spacial score (nSPS) is 15.3. The van der Waals surface area contributed by atoms with E-state index in [1.807, 2.05) is 23.1 Å². The molecule has 0 bridgehead atoms. The number of methoxy groups -OCH3 is 2. The summed E-state index contributed by atoms with van der Waals surface area (Å²) in [5.74, 6) is 1.78. The van der Waals surface area contributed by atoms with E-state index in [-0.39, 0.29) is 5.91 Å². The maximum Gasteiger partial charge on any atom is 0.219 e. The first-order valence-corrected chi connectivity index (χ1v) is 6.38. The Kier molecular flexibility index (Phi) is 4.14. The first-order chi connectivity index (χ1) is 9.15. The van der Waals surface area contributed by atoms with Crippen molar-refractivity contribution in [2.45, 2.75) is 6.92 Å². The predicted molar refractivity (Wildman–Crippen MR) is 74.0 cm³/mol. The monoisotopic (exact) mass is 264 g/mol. The van der Waals surface area contributed by atoms with Crippen molar-refractivity contribution >= 4 is 11.6 Å². The minimum Gasteiger partial charge on any atom is -0.497 e. The zero-order valence-corrected chi connectivity index (χ0v) is 11.7. The van der Waals surface area contributed by atoms with Gasteiger partial charge in [0, 0.05) is 39.2 Å². The lowest BCUT2D eigenvalue weighted by Gasteiger charge is -2.36. The van der Waals surface area contributed by atoms with E-state index in [2.05, 4.69) is 4.90 Å². The lowest BCUT2D eigenvalue weighted by atomic mass is 10.2. The van der Waals surface area contributed by atoms with E-state index in [0.29, 0.717) is 0 Å². The molecule has 5 nitrogen and oxygen atoms in total. The van der Waals surface area contributed by atoms with Crippen LogP contribution in [0.1, 0.15) is 6.92 Å². The van der Waals surface area contributed by atoms with Gasteiger partial charge in [-0.15, -0.1) is 0 Å². The van der Waals surface area contributed by atoms with Gasteiger partial charge in [-0.05, 0) is 12.1 Å². The topological polar surface area (TPSA) is 42.0 Å². The molecule has 0 spiro atoms. The van der Waals surface area contributed by atoms with Crippen LogP contribution in [-0.2, 0) is 4.79 Å². The Morgan fingerprint density at radius 3 is 2.32 bits per heavy atom. The van der Waals surface area contributed by atoms with E-state index in [0.717, 1.165) is 43.4 Å². The highest BCUT2D eigenvalue weighted by Crippen LogP contribution is 2.32. The molecule has 2 rings (SSSR count). The molecule has 0 unspecified atom stereocenters. The van der Waals surface area contributed by atoms with Crippen LogP contribution in [0.25, 0.3) is 0 Å². The smallest absolute Gasteiger partial charge is 0.219 e. The quantitative estimate of drug-likeness (QED) is 0.827. The van der Waals surface area contributed by atoms with Crippen LogP contribution < -0.4 is 14.4 Å². The van der Waals surface area contributed by atoms with Gasteiger partial charge < -0.3 is 19.3 Å². The zero-order valence-electron chi connectivity index (χ0n) is 11.7. The second-order valence-corrected chi connectivity index (χ2v) is 4.53. The van der Waals surface area contributed by atoms with Crippen molar-refractivity contribution in [2.75, 3.05) is 45.3 Å². The largest absolute Gasteiger partial charge is 0.497 e. The van der Waals surface area contributed by atoms with Gasteiger partial charge in [0.05, 0.1) is 19.9 Å². The number of carbonyl (C=O) groups is 1. The fourth-order valence-corrected chi connectivity index (χ4v) is 2.31. The first kappa shape index (κ1) is 13.5. The maximum atomic E-state index is 11.3. The van der Waals surface area contributed by atoms with Crippen LogP contribution in [0.3, 0.4) is 0 Å². The molecule has 1 amide bonds. The molecule has 1 aliphatic heterocycles. The molecule has 1 heterocycles. The van der Waals surface area contributed by atoms with Gasteiger partial charge >= 0.3 is 0 Å². The van der Waals surface area contributed by atoms with Crippen molar-refractivity contribution < 1.29 is 14.3 Å². The molecule has 1 fully saturated rings. The van der Waals surface area contributed by atoms with Crippen LogP contribution in [-0.4, -0.2) is 51.2 Å². The summed E-state index contributed by atoms with van der Waals surface area (Å²) in [5.41, 5.74) is 1.02. The molecule has 104 valence electrons. The molecule has 0 saturated carbocycles. The van der Waals surface area contributed by atoms with Crippen molar-refractivity contribution in [3.63, 3.8) is 0 Å². The van der Waals surface area contributed by atoms with Crippen LogP contribution in [0.2, 0.25) is 0 Å². The number of rotatable bonds is 3. The molecule has 1 aliphatic rings. The van der Waals surface area contributed by atoms with Crippen molar-refractivity contribution in [2.24, 2.45) is 0 Å². The average molecular weight is 264 g/mol. The Bertz CT molecular complexity index is 454. The minimum absolute atomic E-state index is 0.136. The average Bonchev–Trinajstić information content (AvgIpc) is 2.46. The number of carbonyl (C=O) groups excluding carboxylic acids is 1. The number of amides is 1. The second kappa shape index (κ2) is 5.82. The third kappa shape index (κ3) is 2.92. The molecule has 5 heteroatoms. The molecular weight excluding hydrogens is 244 g/mol. The van der Waals surface area contributed by atoms with Crippen molar-refractivity contribution in [1.29, 1.82) is 0 Å². The van der Waals surface area contributed by atoms with Crippen molar-refractivity contribution in [3.8, 4) is 11.5 Å². The second-order valence-electron chi connectivity index (χ2n) is 4.53. The SMILES string of the molecule is COc1ccc(OC)c(N2CCN(C(C)=O)CC2)c1. The number of nitrogens with zero attached hydrogens (tertiary/aromatic N) is 2. The third-order valence-electron chi connectivity index (χ3n) is 3.45. The van der Waals surface area contributed by atoms with E-state index in [1.54, 1.807) is 21.1 Å². The first-order valence-electron chi connectivity index (χ1n) is 6.38. The highest BCUT2D eigenvalue weighted by molar-refractivity contribution is 5.73. The van der Waals surface area contributed by atoms with Gasteiger partial charge in [0.1, 0.15) is 11.5 Å². The molecule has 19 heavy (non-hydrogen) atoms. The lowest BCUT2D eigenvalue weighted by molar-refractivity contribution is -0.129. The van der Waals surface area contributed by atoms with Gasteiger partial charge in [0.25, 0.3) is 0 Å². The summed E-state index contributed by atoms with van der Waals surface area (Å²) in [4.78, 5) is 15.4. The van der Waals surface area contributed by atoms with Crippen LogP contribution >= 0.6 is 0 Å². The number of hydrogen-bond acceptors (Lipinski definition) is 4. The molecule has 1 saturated heterocycles. The summed E-state index contributed by atoms with van der Waals surface area (Å²) < 4.78 is 10.7. The zero-order chi connectivity index (χ0) is 13.8. The van der Waals surface area contributed by atoms with E-state index in [1.165, 1.54) is 0 Å². The van der Waals surface area contributed by atoms with Gasteiger partial charge in [0.2, 0.25) is 5.91 Å². The standard InChI is InChI=1S/C14H20N2O3/c1-11(17)15-6-8-16(9-7-15)13-10-12(18-2)4-5-14(13)19-3/h4-5,10H,6-9H2,1-3H3. The summed E-state index contributed by atoms with van der Waals surface area (Å²) in [6, 6.07) is 5.77. The molecule has 0 aromatic heterocycles. The van der Waals surface area contributed by atoms with Gasteiger partial charge in [-0.2, -0.15) is 0 Å². The van der Waals surface area contributed by atoms with Crippen molar-refractivity contribution in [3.05, 3.63) is 18.2 Å². The number of anilines is 1.